The van der Waals surface area contributed by atoms with Crippen LogP contribution < -0.4 is 0 Å². The highest BCUT2D eigenvalue weighted by atomic mass is 32.1. The van der Waals surface area contributed by atoms with Gasteiger partial charge in [0.1, 0.15) is 11.3 Å². The number of benzene rings is 1. The van der Waals surface area contributed by atoms with E-state index in [1.54, 1.807) is 22.5 Å². The minimum Gasteiger partial charge on any atom is -0.328 e. The lowest BCUT2D eigenvalue weighted by atomic mass is 10.3. The summed E-state index contributed by atoms with van der Waals surface area (Å²) in [4.78, 5) is 2.76. The fourth-order valence-electron chi connectivity index (χ4n) is 2.07. The topological polar surface area (TPSA) is 38.5 Å². The third-order valence-electron chi connectivity index (χ3n) is 2.90. The highest BCUT2D eigenvalue weighted by Gasteiger charge is 2.11. The molecule has 0 amide bonds. The van der Waals surface area contributed by atoms with Crippen LogP contribution in [0.1, 0.15) is 5.56 Å². The van der Waals surface area contributed by atoms with Gasteiger partial charge in [0, 0.05) is 24.9 Å². The van der Waals surface area contributed by atoms with Crippen molar-refractivity contribution in [3.05, 3.63) is 46.5 Å². The van der Waals surface area contributed by atoms with Crippen LogP contribution in [0.5, 0.6) is 0 Å². The van der Waals surface area contributed by atoms with Crippen LogP contribution in [0.2, 0.25) is 0 Å². The van der Waals surface area contributed by atoms with Crippen LogP contribution in [0.15, 0.2) is 24.5 Å². The highest BCUT2D eigenvalue weighted by Crippen LogP contribution is 2.20. The molecule has 0 spiro atoms. The van der Waals surface area contributed by atoms with Gasteiger partial charge in [0.15, 0.2) is 10.6 Å². The molecule has 0 unspecified atom stereocenters. The fraction of sp³-hybridized carbons (Fsp3) is 0.167. The molecule has 1 aromatic carbocycles. The van der Waals surface area contributed by atoms with Gasteiger partial charge in [-0.2, -0.15) is 5.10 Å². The second kappa shape index (κ2) is 4.27. The molecule has 3 rings (SSSR count). The molecule has 0 fully saturated rings. The number of aromatic amines is 1. The second-order valence-corrected chi connectivity index (χ2v) is 4.71. The summed E-state index contributed by atoms with van der Waals surface area (Å²) in [5, 5.41) is 4.05. The number of aromatic nitrogens is 4. The largest absolute Gasteiger partial charge is 0.328 e. The predicted octanol–water partition coefficient (Wildman–Crippen LogP) is 2.76. The first-order chi connectivity index (χ1) is 9.04. The van der Waals surface area contributed by atoms with E-state index in [2.05, 4.69) is 10.1 Å². The number of halogens is 2. The second-order valence-electron chi connectivity index (χ2n) is 4.32. The molecule has 0 atom stereocenters. The Labute approximate surface area is 112 Å². The maximum Gasteiger partial charge on any atom is 0.178 e. The van der Waals surface area contributed by atoms with Crippen molar-refractivity contribution in [3.8, 4) is 0 Å². The van der Waals surface area contributed by atoms with Crippen molar-refractivity contribution in [2.45, 2.75) is 6.54 Å². The van der Waals surface area contributed by atoms with Crippen LogP contribution in [0.25, 0.3) is 11.0 Å². The third kappa shape index (κ3) is 2.06. The lowest BCUT2D eigenvalue weighted by molar-refractivity contribution is 0.590. The number of aryl methyl sites for hydroxylation is 1. The average Bonchev–Trinajstić information content (AvgIpc) is 2.87. The molecule has 0 aliphatic carbocycles. The summed E-state index contributed by atoms with van der Waals surface area (Å²) in [6, 6.07) is 2.10. The van der Waals surface area contributed by atoms with Gasteiger partial charge in [0.2, 0.25) is 0 Å². The van der Waals surface area contributed by atoms with Crippen molar-refractivity contribution >= 4 is 23.3 Å². The molecule has 1 N–H and O–H groups in total. The standard InChI is InChI=1S/C12H10F2N4S/c1-17-5-7(4-15-17)6-18-10-3-8(13)2-9(14)11(10)16-12(18)19/h2-5H,6H2,1H3,(H,16,19). The van der Waals surface area contributed by atoms with Crippen LogP contribution in [-0.2, 0) is 13.6 Å². The number of nitrogens with zero attached hydrogens (tertiary/aromatic N) is 3. The number of hydrogen-bond acceptors (Lipinski definition) is 2. The number of rotatable bonds is 2. The highest BCUT2D eigenvalue weighted by molar-refractivity contribution is 7.71. The summed E-state index contributed by atoms with van der Waals surface area (Å²) in [6.45, 7) is 0.412. The summed E-state index contributed by atoms with van der Waals surface area (Å²) in [6.07, 6.45) is 3.52. The summed E-state index contributed by atoms with van der Waals surface area (Å²) in [7, 11) is 1.80. The van der Waals surface area contributed by atoms with E-state index >= 15 is 0 Å². The van der Waals surface area contributed by atoms with E-state index in [1.807, 2.05) is 6.20 Å². The van der Waals surface area contributed by atoms with Crippen molar-refractivity contribution in [2.24, 2.45) is 7.05 Å². The van der Waals surface area contributed by atoms with Gasteiger partial charge in [-0.25, -0.2) is 8.78 Å². The first-order valence-electron chi connectivity index (χ1n) is 5.59. The molecule has 0 saturated heterocycles. The van der Waals surface area contributed by atoms with Crippen LogP contribution in [0.4, 0.5) is 8.78 Å². The number of fused-ring (bicyclic) bond motifs is 1. The quantitative estimate of drug-likeness (QED) is 0.733. The number of imidazole rings is 1. The Hall–Kier alpha value is -2.02. The molecule has 0 saturated carbocycles. The molecule has 7 heteroatoms. The Kier molecular flexibility index (Phi) is 2.70. The maximum absolute atomic E-state index is 13.6. The van der Waals surface area contributed by atoms with Crippen LogP contribution in [0.3, 0.4) is 0 Å². The normalized spacial score (nSPS) is 11.3. The molecule has 4 nitrogen and oxygen atoms in total. The lowest BCUT2D eigenvalue weighted by Crippen LogP contribution is -1.99. The van der Waals surface area contributed by atoms with Crippen molar-refractivity contribution in [1.29, 1.82) is 0 Å². The zero-order valence-corrected chi connectivity index (χ0v) is 10.8. The smallest absolute Gasteiger partial charge is 0.178 e. The molecule has 0 radical (unpaired) electrons. The van der Waals surface area contributed by atoms with E-state index < -0.39 is 11.6 Å². The van der Waals surface area contributed by atoms with Crippen LogP contribution in [0, 0.1) is 16.4 Å². The summed E-state index contributed by atoms with van der Waals surface area (Å²) in [5.41, 5.74) is 1.53. The number of hydrogen-bond donors (Lipinski definition) is 1. The van der Waals surface area contributed by atoms with Gasteiger partial charge in [-0.1, -0.05) is 0 Å². The van der Waals surface area contributed by atoms with E-state index in [9.17, 15) is 8.78 Å². The Morgan fingerprint density at radius 3 is 2.84 bits per heavy atom. The van der Waals surface area contributed by atoms with E-state index in [4.69, 9.17) is 12.2 Å². The van der Waals surface area contributed by atoms with Gasteiger partial charge in [-0.05, 0) is 18.3 Å². The minimum atomic E-state index is -0.647. The summed E-state index contributed by atoms with van der Waals surface area (Å²) < 4.78 is 30.6. The first-order valence-corrected chi connectivity index (χ1v) is 6.00. The third-order valence-corrected chi connectivity index (χ3v) is 3.22. The molecule has 2 aromatic heterocycles. The Morgan fingerprint density at radius 1 is 1.37 bits per heavy atom. The number of H-pyrrole nitrogens is 1. The van der Waals surface area contributed by atoms with Gasteiger partial charge in [-0.3, -0.25) is 4.68 Å². The van der Waals surface area contributed by atoms with Crippen molar-refractivity contribution in [2.75, 3.05) is 0 Å². The molecule has 19 heavy (non-hydrogen) atoms. The van der Waals surface area contributed by atoms with Crippen LogP contribution in [-0.4, -0.2) is 19.3 Å². The molecular formula is C12H10F2N4S. The van der Waals surface area contributed by atoms with Gasteiger partial charge in [0.25, 0.3) is 0 Å². The van der Waals surface area contributed by atoms with Crippen LogP contribution >= 0.6 is 12.2 Å². The Morgan fingerprint density at radius 2 is 2.16 bits per heavy atom. The van der Waals surface area contributed by atoms with Gasteiger partial charge in [-0.15, -0.1) is 0 Å². The van der Waals surface area contributed by atoms with Gasteiger partial charge >= 0.3 is 0 Å². The minimum absolute atomic E-state index is 0.218. The fourth-order valence-corrected chi connectivity index (χ4v) is 2.34. The van der Waals surface area contributed by atoms with Crippen molar-refractivity contribution in [1.82, 2.24) is 19.3 Å². The monoisotopic (exact) mass is 280 g/mol. The molecule has 2 heterocycles. The Bertz CT molecular complexity index is 815. The zero-order valence-electron chi connectivity index (χ0n) is 10.0. The molecular weight excluding hydrogens is 270 g/mol. The SMILES string of the molecule is Cn1cc(Cn2c(=S)[nH]c3c(F)cc(F)cc32)cn1. The molecule has 0 aliphatic rings. The van der Waals surface area contributed by atoms with E-state index in [1.165, 1.54) is 6.07 Å². The van der Waals surface area contributed by atoms with Gasteiger partial charge < -0.3 is 9.55 Å². The Balaban J connectivity index is 2.18. The van der Waals surface area contributed by atoms with E-state index in [0.29, 0.717) is 16.8 Å². The van der Waals surface area contributed by atoms with E-state index in [0.717, 1.165) is 11.6 Å². The molecule has 3 aromatic rings. The zero-order chi connectivity index (χ0) is 13.6. The van der Waals surface area contributed by atoms with Crippen molar-refractivity contribution in [3.63, 3.8) is 0 Å². The predicted molar refractivity (Wildman–Crippen MR) is 69.3 cm³/mol. The summed E-state index contributed by atoms with van der Waals surface area (Å²) in [5.74, 6) is -1.27. The average molecular weight is 280 g/mol. The maximum atomic E-state index is 13.6. The molecule has 0 bridgehead atoms. The number of nitrogens with one attached hydrogen (secondary N) is 1. The molecule has 0 aliphatic heterocycles. The first kappa shape index (κ1) is 12.0. The van der Waals surface area contributed by atoms with Gasteiger partial charge in [0.05, 0.1) is 18.3 Å². The summed E-state index contributed by atoms with van der Waals surface area (Å²) >= 11 is 5.15. The molecule has 98 valence electrons. The lowest BCUT2D eigenvalue weighted by Gasteiger charge is -2.02. The van der Waals surface area contributed by atoms with Crippen molar-refractivity contribution < 1.29 is 8.78 Å². The van der Waals surface area contributed by atoms with E-state index in [-0.39, 0.29) is 5.52 Å².